The van der Waals surface area contributed by atoms with Gasteiger partial charge in [-0.25, -0.2) is 0 Å². The zero-order valence-corrected chi connectivity index (χ0v) is 10.6. The number of nitrogens with zero attached hydrogens (tertiary/aromatic N) is 1. The van der Waals surface area contributed by atoms with Crippen LogP contribution in [0.1, 0.15) is 36.8 Å². The van der Waals surface area contributed by atoms with E-state index in [2.05, 4.69) is 10.5 Å². The van der Waals surface area contributed by atoms with Crippen molar-refractivity contribution in [2.75, 3.05) is 6.54 Å². The Labute approximate surface area is 108 Å². The lowest BCUT2D eigenvalue weighted by molar-refractivity contribution is 0.292. The zero-order chi connectivity index (χ0) is 12.8. The van der Waals surface area contributed by atoms with Gasteiger partial charge in [0.15, 0.2) is 5.84 Å². The van der Waals surface area contributed by atoms with Crippen LogP contribution in [0.5, 0.6) is 0 Å². The number of benzene rings is 1. The minimum Gasteiger partial charge on any atom is -0.409 e. The molecule has 0 unspecified atom stereocenters. The van der Waals surface area contributed by atoms with Gasteiger partial charge in [0.1, 0.15) is 0 Å². The largest absolute Gasteiger partial charge is 0.409 e. The molecule has 1 aromatic carbocycles. The Morgan fingerprint density at radius 3 is 2.94 bits per heavy atom. The van der Waals surface area contributed by atoms with Crippen molar-refractivity contribution in [3.63, 3.8) is 0 Å². The molecule has 0 bridgehead atoms. The first-order valence-electron chi connectivity index (χ1n) is 6.57. The van der Waals surface area contributed by atoms with Crippen molar-refractivity contribution in [3.8, 4) is 0 Å². The van der Waals surface area contributed by atoms with Gasteiger partial charge in [-0.15, -0.1) is 0 Å². The van der Waals surface area contributed by atoms with Crippen molar-refractivity contribution in [3.05, 3.63) is 35.4 Å². The molecule has 1 aliphatic rings. The van der Waals surface area contributed by atoms with E-state index in [1.54, 1.807) is 0 Å². The van der Waals surface area contributed by atoms with Crippen molar-refractivity contribution >= 4 is 5.84 Å². The second-order valence-corrected chi connectivity index (χ2v) is 4.95. The number of rotatable bonds is 6. The summed E-state index contributed by atoms with van der Waals surface area (Å²) in [6.45, 7) is 1.90. The topological polar surface area (TPSA) is 70.6 Å². The Balaban J connectivity index is 1.77. The van der Waals surface area contributed by atoms with Crippen LogP contribution in [0.4, 0.5) is 0 Å². The monoisotopic (exact) mass is 247 g/mol. The first kappa shape index (κ1) is 12.9. The maximum Gasteiger partial charge on any atom is 0.170 e. The van der Waals surface area contributed by atoms with Crippen LogP contribution in [0.2, 0.25) is 0 Å². The summed E-state index contributed by atoms with van der Waals surface area (Å²) in [7, 11) is 0. The van der Waals surface area contributed by atoms with Gasteiger partial charge in [0.2, 0.25) is 0 Å². The molecular weight excluding hydrogens is 226 g/mol. The van der Waals surface area contributed by atoms with Gasteiger partial charge in [0, 0.05) is 12.1 Å². The number of amidine groups is 1. The maximum absolute atomic E-state index is 8.64. The maximum atomic E-state index is 8.64. The van der Waals surface area contributed by atoms with E-state index in [0.717, 1.165) is 30.1 Å². The number of nitrogens with one attached hydrogen (secondary N) is 1. The Morgan fingerprint density at radius 2 is 2.28 bits per heavy atom. The molecule has 0 spiro atoms. The van der Waals surface area contributed by atoms with Crippen molar-refractivity contribution in [1.29, 1.82) is 0 Å². The van der Waals surface area contributed by atoms with E-state index >= 15 is 0 Å². The SMILES string of the molecule is N/C(=N/O)c1cccc(CNCCC2CCC2)c1. The van der Waals surface area contributed by atoms with E-state index in [0.29, 0.717) is 0 Å². The first-order valence-corrected chi connectivity index (χ1v) is 6.57. The van der Waals surface area contributed by atoms with Crippen molar-refractivity contribution in [2.45, 2.75) is 32.2 Å². The van der Waals surface area contributed by atoms with Crippen molar-refractivity contribution < 1.29 is 5.21 Å². The average Bonchev–Trinajstić information content (AvgIpc) is 2.36. The van der Waals surface area contributed by atoms with Gasteiger partial charge in [-0.1, -0.05) is 42.6 Å². The highest BCUT2D eigenvalue weighted by molar-refractivity contribution is 5.97. The van der Waals surface area contributed by atoms with Crippen molar-refractivity contribution in [1.82, 2.24) is 5.32 Å². The lowest BCUT2D eigenvalue weighted by Crippen LogP contribution is -2.21. The summed E-state index contributed by atoms with van der Waals surface area (Å²) in [5.74, 6) is 1.10. The van der Waals surface area contributed by atoms with E-state index in [9.17, 15) is 0 Å². The molecule has 4 heteroatoms. The first-order chi connectivity index (χ1) is 8.79. The molecule has 1 fully saturated rings. The fourth-order valence-electron chi connectivity index (χ4n) is 2.22. The molecule has 0 amide bonds. The molecule has 0 radical (unpaired) electrons. The van der Waals surface area contributed by atoms with Crippen LogP contribution in [0.3, 0.4) is 0 Å². The molecule has 98 valence electrons. The van der Waals surface area contributed by atoms with E-state index in [4.69, 9.17) is 10.9 Å². The third-order valence-electron chi connectivity index (χ3n) is 3.61. The molecule has 4 N–H and O–H groups in total. The predicted octanol–water partition coefficient (Wildman–Crippen LogP) is 2.06. The third-order valence-corrected chi connectivity index (χ3v) is 3.61. The fraction of sp³-hybridized carbons (Fsp3) is 0.500. The second kappa shape index (κ2) is 6.40. The summed E-state index contributed by atoms with van der Waals surface area (Å²) in [4.78, 5) is 0. The van der Waals surface area contributed by atoms with Gasteiger partial charge in [-0.3, -0.25) is 0 Å². The van der Waals surface area contributed by atoms with Gasteiger partial charge in [0.05, 0.1) is 0 Å². The number of hydrogen-bond donors (Lipinski definition) is 3. The summed E-state index contributed by atoms with van der Waals surface area (Å²) < 4.78 is 0. The van der Waals surface area contributed by atoms with Gasteiger partial charge >= 0.3 is 0 Å². The molecular formula is C14H21N3O. The molecule has 1 saturated carbocycles. The van der Waals surface area contributed by atoms with E-state index in [1.807, 2.05) is 24.3 Å². The van der Waals surface area contributed by atoms with Crippen LogP contribution in [0.25, 0.3) is 0 Å². The molecule has 4 nitrogen and oxygen atoms in total. The van der Waals surface area contributed by atoms with Crippen LogP contribution in [-0.4, -0.2) is 17.6 Å². The Bertz CT molecular complexity index is 413. The van der Waals surface area contributed by atoms with Crippen molar-refractivity contribution in [2.24, 2.45) is 16.8 Å². The number of nitrogens with two attached hydrogens (primary N) is 1. The molecule has 0 aromatic heterocycles. The van der Waals surface area contributed by atoms with Crippen LogP contribution in [-0.2, 0) is 6.54 Å². The summed E-state index contributed by atoms with van der Waals surface area (Å²) in [6, 6.07) is 7.76. The molecule has 0 saturated heterocycles. The predicted molar refractivity (Wildman–Crippen MR) is 72.6 cm³/mol. The van der Waals surface area contributed by atoms with Gasteiger partial charge in [0.25, 0.3) is 0 Å². The minimum absolute atomic E-state index is 0.159. The third kappa shape index (κ3) is 3.47. The van der Waals surface area contributed by atoms with Crippen LogP contribution in [0, 0.1) is 5.92 Å². The van der Waals surface area contributed by atoms with Gasteiger partial charge in [-0.2, -0.15) is 0 Å². The minimum atomic E-state index is 0.159. The Morgan fingerprint density at radius 1 is 1.44 bits per heavy atom. The number of oxime groups is 1. The molecule has 2 rings (SSSR count). The summed E-state index contributed by atoms with van der Waals surface area (Å²) >= 11 is 0. The summed E-state index contributed by atoms with van der Waals surface area (Å²) in [5.41, 5.74) is 7.48. The van der Waals surface area contributed by atoms with E-state index in [-0.39, 0.29) is 5.84 Å². The van der Waals surface area contributed by atoms with Gasteiger partial charge < -0.3 is 16.3 Å². The summed E-state index contributed by atoms with van der Waals surface area (Å²) in [6.07, 6.45) is 5.49. The smallest absolute Gasteiger partial charge is 0.170 e. The highest BCUT2D eigenvalue weighted by atomic mass is 16.4. The Hall–Kier alpha value is -1.55. The second-order valence-electron chi connectivity index (χ2n) is 4.95. The average molecular weight is 247 g/mol. The summed E-state index contributed by atoms with van der Waals surface area (Å²) in [5, 5.41) is 15.1. The highest BCUT2D eigenvalue weighted by Crippen LogP contribution is 2.28. The quantitative estimate of drug-likeness (QED) is 0.237. The molecule has 1 aromatic rings. The molecule has 0 atom stereocenters. The lowest BCUT2D eigenvalue weighted by atomic mass is 9.83. The van der Waals surface area contributed by atoms with E-state index < -0.39 is 0 Å². The fourth-order valence-corrected chi connectivity index (χ4v) is 2.22. The molecule has 18 heavy (non-hydrogen) atoms. The normalized spacial score (nSPS) is 16.6. The zero-order valence-electron chi connectivity index (χ0n) is 10.6. The van der Waals surface area contributed by atoms with Crippen LogP contribution in [0.15, 0.2) is 29.4 Å². The molecule has 1 aliphatic carbocycles. The van der Waals surface area contributed by atoms with E-state index in [1.165, 1.54) is 25.7 Å². The standard InChI is InChI=1S/C14H21N3O/c15-14(17-18)13-6-2-5-12(9-13)10-16-8-7-11-3-1-4-11/h2,5-6,9,11,16,18H,1,3-4,7-8,10H2,(H2,15,17). The van der Waals surface area contributed by atoms with Gasteiger partial charge in [-0.05, 0) is 30.5 Å². The molecule has 0 aliphatic heterocycles. The molecule has 0 heterocycles. The highest BCUT2D eigenvalue weighted by Gasteiger charge is 2.16. The number of hydrogen-bond acceptors (Lipinski definition) is 3. The lowest BCUT2D eigenvalue weighted by Gasteiger charge is -2.25. The Kier molecular flexibility index (Phi) is 4.59. The van der Waals surface area contributed by atoms with Crippen LogP contribution < -0.4 is 11.1 Å². The van der Waals surface area contributed by atoms with Crippen LogP contribution >= 0.6 is 0 Å².